The second-order valence-electron chi connectivity index (χ2n) is 17.9. The number of amides is 1. The molecule has 2 atom stereocenters. The molecule has 0 heterocycles. The molecule has 0 aliphatic rings. The van der Waals surface area contributed by atoms with E-state index in [1.54, 1.807) is 6.08 Å². The highest BCUT2D eigenvalue weighted by Gasteiger charge is 2.18. The Hall–Kier alpha value is -1.66. The molecule has 3 N–H and O–H groups in total. The van der Waals surface area contributed by atoms with Gasteiger partial charge in [0, 0.05) is 12.8 Å². The van der Waals surface area contributed by atoms with Crippen molar-refractivity contribution in [1.82, 2.24) is 5.32 Å². The van der Waals surface area contributed by atoms with Gasteiger partial charge in [-0.2, -0.15) is 0 Å². The van der Waals surface area contributed by atoms with Crippen LogP contribution in [0.5, 0.6) is 0 Å². The first-order valence-electron chi connectivity index (χ1n) is 26.1. The van der Waals surface area contributed by atoms with Crippen molar-refractivity contribution in [1.29, 1.82) is 0 Å². The van der Waals surface area contributed by atoms with Crippen molar-refractivity contribution in [2.24, 2.45) is 0 Å². The molecule has 0 fully saturated rings. The summed E-state index contributed by atoms with van der Waals surface area (Å²) in [6.45, 7) is 4.86. The average molecular weight is 832 g/mol. The summed E-state index contributed by atoms with van der Waals surface area (Å²) in [5.74, 6) is -0.0866. The van der Waals surface area contributed by atoms with E-state index >= 15 is 0 Å². The Morgan fingerprint density at radius 2 is 0.797 bits per heavy atom. The normalized spacial score (nSPS) is 12.8. The first-order chi connectivity index (χ1) is 29.0. The third-order valence-corrected chi connectivity index (χ3v) is 12.0. The van der Waals surface area contributed by atoms with E-state index in [0.29, 0.717) is 19.4 Å². The molecule has 1 amide bonds. The fourth-order valence-electron chi connectivity index (χ4n) is 7.92. The molecule has 0 bridgehead atoms. The number of hydrogen-bond acceptors (Lipinski definition) is 5. The minimum atomic E-state index is -0.849. The van der Waals surface area contributed by atoms with Gasteiger partial charge in [-0.25, -0.2) is 0 Å². The number of aliphatic hydroxyl groups excluding tert-OH is 2. The van der Waals surface area contributed by atoms with E-state index in [1.807, 2.05) is 6.08 Å². The summed E-state index contributed by atoms with van der Waals surface area (Å²) in [5, 5.41) is 23.0. The van der Waals surface area contributed by atoms with Crippen LogP contribution in [0.25, 0.3) is 0 Å². The lowest BCUT2D eigenvalue weighted by Crippen LogP contribution is -2.45. The Balaban J connectivity index is 3.47. The van der Waals surface area contributed by atoms with Crippen LogP contribution in [-0.2, 0) is 14.3 Å². The van der Waals surface area contributed by atoms with Gasteiger partial charge < -0.3 is 20.3 Å². The van der Waals surface area contributed by atoms with E-state index in [9.17, 15) is 19.8 Å². The number of carbonyl (C=O) groups excluding carboxylic acids is 2. The summed E-state index contributed by atoms with van der Waals surface area (Å²) in [4.78, 5) is 24.4. The Morgan fingerprint density at radius 1 is 0.458 bits per heavy atom. The zero-order chi connectivity index (χ0) is 43.0. The van der Waals surface area contributed by atoms with Gasteiger partial charge in [0.05, 0.1) is 25.4 Å². The molecule has 0 aliphatic heterocycles. The average Bonchev–Trinajstić information content (AvgIpc) is 3.24. The quantitative estimate of drug-likeness (QED) is 0.0322. The fourth-order valence-corrected chi connectivity index (χ4v) is 7.92. The number of esters is 1. The van der Waals surface area contributed by atoms with Crippen molar-refractivity contribution in [3.63, 3.8) is 0 Å². The molecule has 0 radical (unpaired) electrons. The second kappa shape index (κ2) is 49.0. The minimum Gasteiger partial charge on any atom is -0.466 e. The molecule has 59 heavy (non-hydrogen) atoms. The van der Waals surface area contributed by atoms with Crippen molar-refractivity contribution in [3.05, 3.63) is 24.3 Å². The SMILES string of the molecule is CCCCCC/C=C\CCCCCCCC(=O)OCCCCCCCCCCCCCCCCCC(=O)NC(CO)C(O)/C=C/CCCCCCCCCCCCCC. The number of nitrogens with one attached hydrogen (secondary N) is 1. The molecule has 0 spiro atoms. The Morgan fingerprint density at radius 3 is 1.22 bits per heavy atom. The number of unbranched alkanes of at least 4 members (excludes halogenated alkanes) is 35. The number of carbonyl (C=O) groups is 2. The molecular weight excluding hydrogens is 731 g/mol. The van der Waals surface area contributed by atoms with Gasteiger partial charge >= 0.3 is 5.97 Å². The standard InChI is InChI=1S/C53H101NO5/c1-3-5-7-9-11-13-15-17-22-25-29-33-37-41-45-51(56)50(49-55)54-52(57)46-42-38-34-30-26-23-19-18-20-24-28-32-36-40-44-48-59-53(58)47-43-39-35-31-27-21-16-14-12-10-8-6-4-2/h14,16,41,45,50-51,55-56H,3-13,15,17-40,42-44,46-49H2,1-2H3,(H,54,57)/b16-14-,45-41+. The van der Waals surface area contributed by atoms with Crippen LogP contribution in [0.2, 0.25) is 0 Å². The Labute approximate surface area is 367 Å². The smallest absolute Gasteiger partial charge is 0.305 e. The maximum absolute atomic E-state index is 12.4. The summed E-state index contributed by atoms with van der Waals surface area (Å²) in [5.41, 5.74) is 0. The summed E-state index contributed by atoms with van der Waals surface area (Å²) in [6.07, 6.45) is 57.4. The van der Waals surface area contributed by atoms with Crippen LogP contribution in [0.4, 0.5) is 0 Å². The molecule has 6 nitrogen and oxygen atoms in total. The summed E-state index contributed by atoms with van der Waals surface area (Å²) >= 11 is 0. The van der Waals surface area contributed by atoms with Crippen molar-refractivity contribution in [3.8, 4) is 0 Å². The van der Waals surface area contributed by atoms with Crippen LogP contribution in [0.15, 0.2) is 24.3 Å². The third-order valence-electron chi connectivity index (χ3n) is 12.0. The van der Waals surface area contributed by atoms with E-state index in [2.05, 4.69) is 31.3 Å². The summed E-state index contributed by atoms with van der Waals surface area (Å²) in [6, 6.07) is -0.633. The third kappa shape index (κ3) is 45.7. The molecule has 2 unspecified atom stereocenters. The van der Waals surface area contributed by atoms with Crippen LogP contribution in [0, 0.1) is 0 Å². The van der Waals surface area contributed by atoms with Crippen LogP contribution < -0.4 is 5.32 Å². The number of allylic oxidation sites excluding steroid dienone is 3. The number of rotatable bonds is 48. The van der Waals surface area contributed by atoms with E-state index < -0.39 is 12.1 Å². The van der Waals surface area contributed by atoms with Crippen LogP contribution in [0.3, 0.4) is 0 Å². The van der Waals surface area contributed by atoms with E-state index in [1.165, 1.54) is 193 Å². The number of aliphatic hydroxyl groups is 2. The molecule has 6 heteroatoms. The molecular formula is C53H101NO5. The van der Waals surface area contributed by atoms with E-state index in [-0.39, 0.29) is 18.5 Å². The van der Waals surface area contributed by atoms with E-state index in [4.69, 9.17) is 4.74 Å². The van der Waals surface area contributed by atoms with Crippen LogP contribution >= 0.6 is 0 Å². The van der Waals surface area contributed by atoms with E-state index in [0.717, 1.165) is 57.8 Å². The molecule has 0 aromatic heterocycles. The van der Waals surface area contributed by atoms with Crippen LogP contribution in [0.1, 0.15) is 277 Å². The van der Waals surface area contributed by atoms with Crippen molar-refractivity contribution < 1.29 is 24.5 Å². The highest BCUT2D eigenvalue weighted by molar-refractivity contribution is 5.76. The molecule has 0 aliphatic carbocycles. The maximum atomic E-state index is 12.4. The van der Waals surface area contributed by atoms with Gasteiger partial charge in [0.2, 0.25) is 5.91 Å². The largest absolute Gasteiger partial charge is 0.466 e. The second-order valence-corrected chi connectivity index (χ2v) is 17.9. The predicted molar refractivity (Wildman–Crippen MR) is 255 cm³/mol. The lowest BCUT2D eigenvalue weighted by atomic mass is 10.0. The van der Waals surface area contributed by atoms with Crippen molar-refractivity contribution in [2.45, 2.75) is 289 Å². The summed E-state index contributed by atoms with van der Waals surface area (Å²) in [7, 11) is 0. The van der Waals surface area contributed by atoms with Gasteiger partial charge in [0.25, 0.3) is 0 Å². The number of hydrogen-bond donors (Lipinski definition) is 3. The van der Waals surface area contributed by atoms with Gasteiger partial charge in [-0.15, -0.1) is 0 Å². The first-order valence-corrected chi connectivity index (χ1v) is 26.1. The van der Waals surface area contributed by atoms with Crippen LogP contribution in [-0.4, -0.2) is 47.4 Å². The van der Waals surface area contributed by atoms with Gasteiger partial charge in [0.15, 0.2) is 0 Å². The highest BCUT2D eigenvalue weighted by Crippen LogP contribution is 2.16. The highest BCUT2D eigenvalue weighted by atomic mass is 16.5. The molecule has 0 rings (SSSR count). The monoisotopic (exact) mass is 832 g/mol. The fraction of sp³-hybridized carbons (Fsp3) is 0.887. The Bertz CT molecular complexity index is 920. The predicted octanol–water partition coefficient (Wildman–Crippen LogP) is 15.5. The maximum Gasteiger partial charge on any atom is 0.305 e. The first kappa shape index (κ1) is 57.3. The molecule has 0 saturated carbocycles. The zero-order valence-electron chi connectivity index (χ0n) is 39.5. The van der Waals surface area contributed by atoms with Gasteiger partial charge in [-0.1, -0.05) is 231 Å². The molecule has 348 valence electrons. The molecule has 0 aromatic carbocycles. The zero-order valence-corrected chi connectivity index (χ0v) is 39.5. The summed E-state index contributed by atoms with van der Waals surface area (Å²) < 4.78 is 5.45. The van der Waals surface area contributed by atoms with Gasteiger partial charge in [-0.05, 0) is 57.8 Å². The topological polar surface area (TPSA) is 95.9 Å². The number of ether oxygens (including phenoxy) is 1. The van der Waals surface area contributed by atoms with Gasteiger partial charge in [0.1, 0.15) is 0 Å². The van der Waals surface area contributed by atoms with Crippen molar-refractivity contribution >= 4 is 11.9 Å². The molecule has 0 saturated heterocycles. The minimum absolute atomic E-state index is 0.00998. The van der Waals surface area contributed by atoms with Crippen molar-refractivity contribution in [2.75, 3.05) is 13.2 Å². The van der Waals surface area contributed by atoms with Gasteiger partial charge in [-0.3, -0.25) is 9.59 Å². The lowest BCUT2D eigenvalue weighted by molar-refractivity contribution is -0.143. The lowest BCUT2D eigenvalue weighted by Gasteiger charge is -2.20. The Kier molecular flexibility index (Phi) is 47.6. The molecule has 0 aromatic rings.